The fourth-order valence-corrected chi connectivity index (χ4v) is 2.58. The van der Waals surface area contributed by atoms with Gasteiger partial charge in [-0.1, -0.05) is 5.16 Å². The van der Waals surface area contributed by atoms with E-state index in [0.29, 0.717) is 19.0 Å². The van der Waals surface area contributed by atoms with Gasteiger partial charge in [0, 0.05) is 24.2 Å². The maximum absolute atomic E-state index is 12.5. The molecule has 4 rings (SSSR count). The average Bonchev–Trinajstić information content (AvgIpc) is 3.27. The van der Waals surface area contributed by atoms with E-state index in [1.807, 2.05) is 0 Å². The van der Waals surface area contributed by atoms with Gasteiger partial charge in [-0.15, -0.1) is 0 Å². The van der Waals surface area contributed by atoms with Crippen LogP contribution in [0.2, 0.25) is 0 Å². The van der Waals surface area contributed by atoms with Crippen LogP contribution in [0.5, 0.6) is 5.88 Å². The standard InChI is InChI=1S/C16H14F3N3O3/c17-16(18,19)10-3-4-14(20-6-10)24-11-7-22(8-11)15(23)12-5-13(25-21-12)9-1-2-9/h3-6,9,11H,1-2,7-8H2. The van der Waals surface area contributed by atoms with Crippen molar-refractivity contribution < 1.29 is 27.2 Å². The van der Waals surface area contributed by atoms with Crippen molar-refractivity contribution in [3.63, 3.8) is 0 Å². The van der Waals surface area contributed by atoms with E-state index in [9.17, 15) is 18.0 Å². The third-order valence-electron chi connectivity index (χ3n) is 4.21. The van der Waals surface area contributed by atoms with E-state index in [0.717, 1.165) is 30.9 Å². The number of halogens is 3. The molecule has 2 aliphatic rings. The van der Waals surface area contributed by atoms with E-state index >= 15 is 0 Å². The minimum Gasteiger partial charge on any atom is -0.471 e. The van der Waals surface area contributed by atoms with Gasteiger partial charge in [-0.2, -0.15) is 13.2 Å². The Kier molecular flexibility index (Phi) is 3.66. The largest absolute Gasteiger partial charge is 0.471 e. The van der Waals surface area contributed by atoms with Crippen LogP contribution in [0.1, 0.15) is 40.6 Å². The lowest BCUT2D eigenvalue weighted by molar-refractivity contribution is -0.137. The Hall–Kier alpha value is -2.58. The van der Waals surface area contributed by atoms with Gasteiger partial charge < -0.3 is 14.2 Å². The highest BCUT2D eigenvalue weighted by molar-refractivity contribution is 5.92. The summed E-state index contributed by atoms with van der Waals surface area (Å²) in [6.45, 7) is 0.653. The summed E-state index contributed by atoms with van der Waals surface area (Å²) in [7, 11) is 0. The number of rotatable bonds is 4. The Bertz CT molecular complexity index is 778. The maximum atomic E-state index is 12.5. The van der Waals surface area contributed by atoms with Crippen molar-refractivity contribution in [1.82, 2.24) is 15.0 Å². The lowest BCUT2D eigenvalue weighted by Gasteiger charge is -2.38. The van der Waals surface area contributed by atoms with Crippen LogP contribution in [0, 0.1) is 0 Å². The molecule has 0 bridgehead atoms. The summed E-state index contributed by atoms with van der Waals surface area (Å²) in [6.07, 6.45) is -1.89. The van der Waals surface area contributed by atoms with E-state index in [1.165, 1.54) is 6.07 Å². The van der Waals surface area contributed by atoms with Crippen molar-refractivity contribution in [2.75, 3.05) is 13.1 Å². The molecule has 1 saturated carbocycles. The number of carbonyl (C=O) groups is 1. The van der Waals surface area contributed by atoms with Gasteiger partial charge in [0.2, 0.25) is 5.88 Å². The molecule has 0 radical (unpaired) electrons. The van der Waals surface area contributed by atoms with E-state index in [4.69, 9.17) is 9.26 Å². The predicted molar refractivity (Wildman–Crippen MR) is 78.0 cm³/mol. The highest BCUT2D eigenvalue weighted by Crippen LogP contribution is 2.40. The fourth-order valence-electron chi connectivity index (χ4n) is 2.58. The Morgan fingerprint density at radius 1 is 1.28 bits per heavy atom. The molecule has 2 aromatic heterocycles. The molecule has 0 atom stereocenters. The van der Waals surface area contributed by atoms with Crippen LogP contribution in [0.15, 0.2) is 28.9 Å². The normalized spacial score (nSPS) is 18.1. The van der Waals surface area contributed by atoms with Gasteiger partial charge in [0.25, 0.3) is 5.91 Å². The van der Waals surface area contributed by atoms with E-state index in [-0.39, 0.29) is 23.6 Å². The first-order valence-electron chi connectivity index (χ1n) is 7.86. The van der Waals surface area contributed by atoms with Gasteiger partial charge in [-0.25, -0.2) is 4.98 Å². The first kappa shape index (κ1) is 15.9. The first-order valence-corrected chi connectivity index (χ1v) is 7.86. The zero-order chi connectivity index (χ0) is 17.6. The van der Waals surface area contributed by atoms with Crippen molar-refractivity contribution in [2.24, 2.45) is 0 Å². The summed E-state index contributed by atoms with van der Waals surface area (Å²) in [4.78, 5) is 17.4. The Balaban J connectivity index is 1.30. The van der Waals surface area contributed by atoms with Gasteiger partial charge in [-0.3, -0.25) is 4.79 Å². The van der Waals surface area contributed by atoms with Gasteiger partial charge in [0.1, 0.15) is 11.9 Å². The zero-order valence-corrected chi connectivity index (χ0v) is 13.0. The number of likely N-dealkylation sites (tertiary alicyclic amines) is 1. The molecule has 0 N–H and O–H groups in total. The molecule has 2 aromatic rings. The molecule has 132 valence electrons. The Morgan fingerprint density at radius 2 is 2.04 bits per heavy atom. The highest BCUT2D eigenvalue weighted by Gasteiger charge is 2.36. The van der Waals surface area contributed by atoms with Gasteiger partial charge in [0.05, 0.1) is 18.7 Å². The summed E-state index contributed by atoms with van der Waals surface area (Å²) in [5.74, 6) is 0.983. The number of hydrogen-bond acceptors (Lipinski definition) is 5. The summed E-state index contributed by atoms with van der Waals surface area (Å²) in [5.41, 5.74) is -0.559. The van der Waals surface area contributed by atoms with Crippen molar-refractivity contribution >= 4 is 5.91 Å². The molecule has 1 aliphatic heterocycles. The van der Waals surface area contributed by atoms with Crippen LogP contribution >= 0.6 is 0 Å². The van der Waals surface area contributed by atoms with Gasteiger partial charge in [0.15, 0.2) is 5.69 Å². The van der Waals surface area contributed by atoms with Gasteiger partial charge >= 0.3 is 6.18 Å². The number of hydrogen-bond donors (Lipinski definition) is 0. The minimum atomic E-state index is -4.43. The average molecular weight is 353 g/mol. The Morgan fingerprint density at radius 3 is 2.64 bits per heavy atom. The molecule has 0 aromatic carbocycles. The van der Waals surface area contributed by atoms with E-state index in [1.54, 1.807) is 11.0 Å². The van der Waals surface area contributed by atoms with Crippen molar-refractivity contribution in [1.29, 1.82) is 0 Å². The summed E-state index contributed by atoms with van der Waals surface area (Å²) >= 11 is 0. The third-order valence-corrected chi connectivity index (χ3v) is 4.21. The van der Waals surface area contributed by atoms with E-state index in [2.05, 4.69) is 10.1 Å². The second-order valence-corrected chi connectivity index (χ2v) is 6.22. The number of aromatic nitrogens is 2. The van der Waals surface area contributed by atoms with Crippen LogP contribution < -0.4 is 4.74 Å². The topological polar surface area (TPSA) is 68.5 Å². The molecule has 25 heavy (non-hydrogen) atoms. The second-order valence-electron chi connectivity index (χ2n) is 6.22. The first-order chi connectivity index (χ1) is 11.9. The SMILES string of the molecule is O=C(c1cc(C2CC2)on1)N1CC(Oc2ccc(C(F)(F)F)cn2)C1. The molecule has 1 amide bonds. The molecule has 1 saturated heterocycles. The smallest absolute Gasteiger partial charge is 0.417 e. The van der Waals surface area contributed by atoms with Crippen LogP contribution in [0.25, 0.3) is 0 Å². The molecule has 3 heterocycles. The lowest BCUT2D eigenvalue weighted by atomic mass is 10.1. The van der Waals surface area contributed by atoms with Crippen LogP contribution in [0.4, 0.5) is 13.2 Å². The number of alkyl halides is 3. The molecule has 1 aliphatic carbocycles. The summed E-state index contributed by atoms with van der Waals surface area (Å²) < 4.78 is 48.1. The molecule has 2 fully saturated rings. The zero-order valence-electron chi connectivity index (χ0n) is 13.0. The van der Waals surface area contributed by atoms with Crippen molar-refractivity contribution in [3.8, 4) is 5.88 Å². The van der Waals surface area contributed by atoms with Crippen LogP contribution in [-0.2, 0) is 6.18 Å². The summed E-state index contributed by atoms with van der Waals surface area (Å²) in [5, 5.41) is 3.80. The predicted octanol–water partition coefficient (Wildman–Crippen LogP) is 2.87. The number of amides is 1. The second kappa shape index (κ2) is 5.75. The monoisotopic (exact) mass is 353 g/mol. The fraction of sp³-hybridized carbons (Fsp3) is 0.438. The minimum absolute atomic E-state index is 0.0996. The molecule has 0 spiro atoms. The molecule has 6 nitrogen and oxygen atoms in total. The Labute approximate surface area is 140 Å². The van der Waals surface area contributed by atoms with Crippen LogP contribution in [0.3, 0.4) is 0 Å². The van der Waals surface area contributed by atoms with Gasteiger partial charge in [-0.05, 0) is 18.9 Å². The number of pyridine rings is 1. The molecule has 9 heteroatoms. The van der Waals surface area contributed by atoms with E-state index < -0.39 is 11.7 Å². The number of ether oxygens (including phenoxy) is 1. The molecular weight excluding hydrogens is 339 g/mol. The summed E-state index contributed by atoms with van der Waals surface area (Å²) in [6, 6.07) is 3.76. The number of carbonyl (C=O) groups excluding carboxylic acids is 1. The lowest BCUT2D eigenvalue weighted by Crippen LogP contribution is -2.56. The third kappa shape index (κ3) is 3.31. The quantitative estimate of drug-likeness (QED) is 0.845. The number of nitrogens with zero attached hydrogens (tertiary/aromatic N) is 3. The molecular formula is C16H14F3N3O3. The van der Waals surface area contributed by atoms with Crippen LogP contribution in [-0.4, -0.2) is 40.1 Å². The molecule has 0 unspecified atom stereocenters. The highest BCUT2D eigenvalue weighted by atomic mass is 19.4. The van der Waals surface area contributed by atoms with Crippen molar-refractivity contribution in [2.45, 2.75) is 31.0 Å². The van der Waals surface area contributed by atoms with Crippen molar-refractivity contribution in [3.05, 3.63) is 41.4 Å². The maximum Gasteiger partial charge on any atom is 0.417 e.